The second-order valence-electron chi connectivity index (χ2n) is 20.1. The number of nitrogens with one attached hydrogen (secondary N) is 2. The largest absolute Gasteiger partial charge is 0.461 e. The summed E-state index contributed by atoms with van der Waals surface area (Å²) in [6.07, 6.45) is 7.26. The minimum absolute atomic E-state index is 0.00224. The monoisotopic (exact) mass is 885 g/mol. The number of Topliss-reactive ketones (excluding diaryl/α,β-unsaturated/α-hetero) is 3. The highest BCUT2D eigenvalue weighted by molar-refractivity contribution is 6.47. The van der Waals surface area contributed by atoms with Crippen molar-refractivity contribution in [2.45, 2.75) is 174 Å². The SMILES string of the molecule is CCCCc1ccc(-c2ccc(C(=O)C[C@@H](CCCCN)C(=O)N[C@H](C(=O)C[C@@H](C)C(=O)N[C@@H](CCCCN)C(=O)C[C@@H](C)B3OC4C[C@@H]5C[C@@H](C5(C)C)[C@]4(C)O3)[C@@H](C)O)cc2)cc1. The van der Waals surface area contributed by atoms with Crippen LogP contribution in [0.5, 0.6) is 0 Å². The van der Waals surface area contributed by atoms with E-state index in [2.05, 4.69) is 62.6 Å². The fourth-order valence-corrected chi connectivity index (χ4v) is 10.4. The van der Waals surface area contributed by atoms with Crippen LogP contribution in [0.3, 0.4) is 0 Å². The predicted octanol–water partition coefficient (Wildman–Crippen LogP) is 7.17. The summed E-state index contributed by atoms with van der Waals surface area (Å²) in [5.41, 5.74) is 15.1. The number of aryl methyl sites for hydroxylation is 1. The molecule has 2 bridgehead atoms. The molecule has 4 fully saturated rings. The van der Waals surface area contributed by atoms with Crippen molar-refractivity contribution in [2.75, 3.05) is 13.1 Å². The molecule has 1 heterocycles. The van der Waals surface area contributed by atoms with Crippen LogP contribution in [-0.4, -0.2) is 84.4 Å². The summed E-state index contributed by atoms with van der Waals surface area (Å²) in [5, 5.41) is 16.4. The Kier molecular flexibility index (Phi) is 18.5. The van der Waals surface area contributed by atoms with Gasteiger partial charge in [0.1, 0.15) is 6.04 Å². The van der Waals surface area contributed by atoms with Gasteiger partial charge in [0.15, 0.2) is 17.3 Å². The van der Waals surface area contributed by atoms with E-state index in [0.29, 0.717) is 69.0 Å². The average Bonchev–Trinajstić information content (AvgIpc) is 3.64. The van der Waals surface area contributed by atoms with Gasteiger partial charge < -0.3 is 36.5 Å². The van der Waals surface area contributed by atoms with Gasteiger partial charge in [-0.25, -0.2) is 0 Å². The van der Waals surface area contributed by atoms with E-state index in [4.69, 9.17) is 20.8 Å². The molecule has 2 amide bonds. The second-order valence-corrected chi connectivity index (χ2v) is 20.1. The molecule has 1 unspecified atom stereocenters. The number of hydrogen-bond donors (Lipinski definition) is 5. The number of amides is 2. The van der Waals surface area contributed by atoms with Gasteiger partial charge in [-0.15, -0.1) is 0 Å². The van der Waals surface area contributed by atoms with Crippen molar-refractivity contribution in [3.63, 3.8) is 0 Å². The van der Waals surface area contributed by atoms with E-state index in [1.54, 1.807) is 19.1 Å². The van der Waals surface area contributed by atoms with Gasteiger partial charge in [0.2, 0.25) is 11.8 Å². The van der Waals surface area contributed by atoms with Crippen LogP contribution in [0.4, 0.5) is 0 Å². The number of ketones is 3. The number of nitrogens with two attached hydrogens (primary N) is 2. The summed E-state index contributed by atoms with van der Waals surface area (Å²) in [6.45, 7) is 14.8. The van der Waals surface area contributed by atoms with Gasteiger partial charge >= 0.3 is 7.12 Å². The highest BCUT2D eigenvalue weighted by atomic mass is 16.7. The molecule has 3 aliphatic carbocycles. The molecule has 1 aliphatic heterocycles. The van der Waals surface area contributed by atoms with Crippen LogP contribution >= 0.6 is 0 Å². The van der Waals surface area contributed by atoms with Gasteiger partial charge in [0, 0.05) is 36.7 Å². The zero-order valence-corrected chi connectivity index (χ0v) is 39.7. The second kappa shape index (κ2) is 23.1. The van der Waals surface area contributed by atoms with Crippen LogP contribution in [0.2, 0.25) is 5.82 Å². The lowest BCUT2D eigenvalue weighted by molar-refractivity contribution is -0.199. The highest BCUT2D eigenvalue weighted by Crippen LogP contribution is 2.66. The van der Waals surface area contributed by atoms with Crippen molar-refractivity contribution in [3.05, 3.63) is 59.7 Å². The maximum Gasteiger partial charge on any atom is 0.461 e. The minimum atomic E-state index is -1.31. The van der Waals surface area contributed by atoms with Gasteiger partial charge in [-0.1, -0.05) is 96.0 Å². The third-order valence-corrected chi connectivity index (χ3v) is 14.8. The first kappa shape index (κ1) is 51.2. The molecule has 2 aromatic rings. The number of unbranched alkanes of at least 4 members (excludes halogenated alkanes) is 3. The van der Waals surface area contributed by atoms with E-state index in [1.807, 2.05) is 19.1 Å². The fourth-order valence-electron chi connectivity index (χ4n) is 10.4. The van der Waals surface area contributed by atoms with Crippen molar-refractivity contribution < 1.29 is 38.4 Å². The molecule has 1 saturated heterocycles. The van der Waals surface area contributed by atoms with Crippen molar-refractivity contribution in [1.82, 2.24) is 10.6 Å². The lowest BCUT2D eigenvalue weighted by Gasteiger charge is -2.64. The Morgan fingerprint density at radius 2 is 1.41 bits per heavy atom. The van der Waals surface area contributed by atoms with Crippen molar-refractivity contribution in [3.8, 4) is 11.1 Å². The normalized spacial score (nSPS) is 23.7. The van der Waals surface area contributed by atoms with Crippen molar-refractivity contribution in [2.24, 2.45) is 40.6 Å². The van der Waals surface area contributed by atoms with Crippen LogP contribution < -0.4 is 22.1 Å². The molecule has 64 heavy (non-hydrogen) atoms. The third-order valence-electron chi connectivity index (χ3n) is 14.8. The molecule has 4 aliphatic rings. The Labute approximate surface area is 382 Å². The molecule has 3 saturated carbocycles. The maximum absolute atomic E-state index is 13.9. The fraction of sp³-hybridized carbons (Fsp3) is 0.667. The zero-order valence-electron chi connectivity index (χ0n) is 39.7. The molecule has 2 aromatic carbocycles. The Morgan fingerprint density at radius 3 is 2.00 bits per heavy atom. The number of carbonyl (C=O) groups is 5. The lowest BCUT2D eigenvalue weighted by atomic mass is 9.43. The number of benzene rings is 2. The summed E-state index contributed by atoms with van der Waals surface area (Å²) in [7, 11) is -0.521. The summed E-state index contributed by atoms with van der Waals surface area (Å²) < 4.78 is 13.1. The topological polar surface area (TPSA) is 200 Å². The molecule has 352 valence electrons. The van der Waals surface area contributed by atoms with E-state index in [1.165, 1.54) is 12.5 Å². The molecule has 13 heteroatoms. The molecule has 0 radical (unpaired) electrons. The smallest absolute Gasteiger partial charge is 0.405 e. The molecular formula is C51H77BN4O8. The van der Waals surface area contributed by atoms with Gasteiger partial charge in [0.25, 0.3) is 0 Å². The molecule has 6 rings (SSSR count). The predicted molar refractivity (Wildman–Crippen MR) is 252 cm³/mol. The number of carbonyl (C=O) groups excluding carboxylic acids is 5. The zero-order chi connectivity index (χ0) is 46.8. The summed E-state index contributed by atoms with van der Waals surface area (Å²) in [4.78, 5) is 68.7. The molecule has 10 atom stereocenters. The number of rotatable bonds is 27. The minimum Gasteiger partial charge on any atom is -0.405 e. The van der Waals surface area contributed by atoms with Crippen LogP contribution in [0.1, 0.15) is 148 Å². The van der Waals surface area contributed by atoms with E-state index in [0.717, 1.165) is 43.2 Å². The Bertz CT molecular complexity index is 1890. The van der Waals surface area contributed by atoms with Crippen molar-refractivity contribution in [1.29, 1.82) is 0 Å². The van der Waals surface area contributed by atoms with Crippen molar-refractivity contribution >= 4 is 36.3 Å². The van der Waals surface area contributed by atoms with E-state index < -0.39 is 60.3 Å². The standard InChI is InChI=1S/C51H77BN4O8/c1-8-9-14-35-17-19-36(20-18-35)37-21-23-38(24-22-37)42(58)29-39(15-10-12-25-53)49(62)56-47(34(4)57)44(60)27-32(2)48(61)55-41(16-11-13-26-54)43(59)28-33(3)52-63-46-31-40-30-45(50(40,5)6)51(46,7)64-52/h17-24,32-34,39-41,45-47,57H,8-16,25-31,53-54H2,1-7H3,(H,55,61)(H,56,62)/t32-,33-,34-,39-,40+,41+,45+,46?,47+,51+/m1/s1. The van der Waals surface area contributed by atoms with Gasteiger partial charge in [-0.3, -0.25) is 24.0 Å². The average molecular weight is 885 g/mol. The summed E-state index contributed by atoms with van der Waals surface area (Å²) >= 11 is 0. The molecular weight excluding hydrogens is 807 g/mol. The number of aliphatic hydroxyl groups is 1. The first-order valence-electron chi connectivity index (χ1n) is 24.2. The van der Waals surface area contributed by atoms with Crippen LogP contribution in [0, 0.1) is 29.1 Å². The molecule has 7 N–H and O–H groups in total. The third kappa shape index (κ3) is 12.6. The quantitative estimate of drug-likeness (QED) is 0.0348. The summed E-state index contributed by atoms with van der Waals surface area (Å²) in [6, 6.07) is 13.7. The van der Waals surface area contributed by atoms with Gasteiger partial charge in [-0.2, -0.15) is 0 Å². The van der Waals surface area contributed by atoms with Gasteiger partial charge in [-0.05, 0) is 124 Å². The summed E-state index contributed by atoms with van der Waals surface area (Å²) in [5.74, 6) is -2.74. The number of hydrogen-bond acceptors (Lipinski definition) is 10. The lowest BCUT2D eigenvalue weighted by Crippen LogP contribution is -2.65. The Hall–Kier alpha value is -3.75. The van der Waals surface area contributed by atoms with E-state index in [-0.39, 0.29) is 48.2 Å². The Balaban J connectivity index is 1.17. The van der Waals surface area contributed by atoms with Gasteiger partial charge in [0.05, 0.1) is 23.9 Å². The maximum atomic E-state index is 13.9. The van der Waals surface area contributed by atoms with Crippen LogP contribution in [0.25, 0.3) is 11.1 Å². The molecule has 12 nitrogen and oxygen atoms in total. The first-order chi connectivity index (χ1) is 30.4. The highest BCUT2D eigenvalue weighted by Gasteiger charge is 2.68. The molecule has 0 aromatic heterocycles. The first-order valence-corrected chi connectivity index (χ1v) is 24.2. The van der Waals surface area contributed by atoms with Crippen LogP contribution in [0.15, 0.2) is 48.5 Å². The van der Waals surface area contributed by atoms with E-state index >= 15 is 0 Å². The number of aliphatic hydroxyl groups excluding tert-OH is 1. The Morgan fingerprint density at radius 1 is 0.781 bits per heavy atom. The van der Waals surface area contributed by atoms with Crippen LogP contribution in [-0.2, 0) is 34.9 Å². The van der Waals surface area contributed by atoms with E-state index in [9.17, 15) is 29.1 Å². The molecule has 0 spiro atoms.